The largest absolute Gasteiger partial charge is 0.299 e. The molecule has 0 saturated heterocycles. The molecule has 1 saturated carbocycles. The molecule has 3 heteroatoms. The summed E-state index contributed by atoms with van der Waals surface area (Å²) in [6.45, 7) is 3.58. The highest BCUT2D eigenvalue weighted by molar-refractivity contribution is 9.10. The molecule has 56 valence electrons. The molecule has 0 spiro atoms. The predicted octanol–water partition coefficient (Wildman–Crippen LogP) is 1.32. The van der Waals surface area contributed by atoms with Crippen molar-refractivity contribution in [3.05, 3.63) is 0 Å². The van der Waals surface area contributed by atoms with Gasteiger partial charge < -0.3 is 0 Å². The summed E-state index contributed by atoms with van der Waals surface area (Å²) in [6, 6.07) is 0. The highest BCUT2D eigenvalue weighted by atomic mass is 79.9. The van der Waals surface area contributed by atoms with E-state index >= 15 is 0 Å². The molecule has 2 nitrogen and oxygen atoms in total. The summed E-state index contributed by atoms with van der Waals surface area (Å²) in [6.07, 6.45) is 0.100. The Balaban J connectivity index is 2.96. The van der Waals surface area contributed by atoms with Crippen LogP contribution in [0.15, 0.2) is 0 Å². The fraction of sp³-hybridized carbons (Fsp3) is 0.714. The van der Waals surface area contributed by atoms with Crippen LogP contribution in [0.25, 0.3) is 0 Å². The Labute approximate surface area is 68.1 Å². The van der Waals surface area contributed by atoms with E-state index in [-0.39, 0.29) is 22.8 Å². The van der Waals surface area contributed by atoms with Gasteiger partial charge in [-0.05, 0) is 0 Å². The maximum atomic E-state index is 11.1. The van der Waals surface area contributed by atoms with Crippen molar-refractivity contribution in [2.24, 2.45) is 5.41 Å². The summed E-state index contributed by atoms with van der Waals surface area (Å²) in [5.74, 6) is 0.0503. The van der Waals surface area contributed by atoms with Crippen molar-refractivity contribution < 1.29 is 9.59 Å². The van der Waals surface area contributed by atoms with Crippen molar-refractivity contribution in [3.63, 3.8) is 0 Å². The molecule has 10 heavy (non-hydrogen) atoms. The van der Waals surface area contributed by atoms with Gasteiger partial charge in [-0.2, -0.15) is 0 Å². The standard InChI is InChI=1S/C7H9BrO2/c1-7(2)5(10)3-4(9)6(7)8/h6H,3H2,1-2H3. The van der Waals surface area contributed by atoms with Crippen LogP contribution in [0.2, 0.25) is 0 Å². The number of carbonyl (C=O) groups excluding carboxylic acids is 2. The fourth-order valence-corrected chi connectivity index (χ4v) is 1.44. The Morgan fingerprint density at radius 1 is 1.50 bits per heavy atom. The first kappa shape index (κ1) is 7.92. The van der Waals surface area contributed by atoms with Gasteiger partial charge in [0.1, 0.15) is 5.78 Å². The first-order chi connectivity index (χ1) is 4.46. The van der Waals surface area contributed by atoms with Gasteiger partial charge in [-0.25, -0.2) is 0 Å². The zero-order chi connectivity index (χ0) is 7.94. The van der Waals surface area contributed by atoms with E-state index in [1.807, 2.05) is 0 Å². The molecule has 1 aliphatic carbocycles. The zero-order valence-corrected chi connectivity index (χ0v) is 7.56. The van der Waals surface area contributed by atoms with Gasteiger partial charge in [0, 0.05) is 5.41 Å². The summed E-state index contributed by atoms with van der Waals surface area (Å²) in [4.78, 5) is 21.7. The molecule has 1 rings (SSSR count). The van der Waals surface area contributed by atoms with Crippen molar-refractivity contribution >= 4 is 27.5 Å². The molecule has 0 aliphatic heterocycles. The zero-order valence-electron chi connectivity index (χ0n) is 5.98. The molecule has 1 fully saturated rings. The Kier molecular flexibility index (Phi) is 1.71. The van der Waals surface area contributed by atoms with Crippen molar-refractivity contribution in [2.75, 3.05) is 0 Å². The third-order valence-electron chi connectivity index (χ3n) is 1.97. The molecule has 0 heterocycles. The lowest BCUT2D eigenvalue weighted by Gasteiger charge is -2.17. The van der Waals surface area contributed by atoms with Gasteiger partial charge in [0.05, 0.1) is 11.2 Å². The third kappa shape index (κ3) is 0.926. The molecule has 0 aromatic heterocycles. The monoisotopic (exact) mass is 204 g/mol. The van der Waals surface area contributed by atoms with Gasteiger partial charge in [0.15, 0.2) is 5.78 Å². The van der Waals surface area contributed by atoms with Gasteiger partial charge >= 0.3 is 0 Å². The van der Waals surface area contributed by atoms with Crippen LogP contribution in [0.3, 0.4) is 0 Å². The highest BCUT2D eigenvalue weighted by Crippen LogP contribution is 2.36. The summed E-state index contributed by atoms with van der Waals surface area (Å²) in [7, 11) is 0. The van der Waals surface area contributed by atoms with Crippen molar-refractivity contribution in [1.82, 2.24) is 0 Å². The maximum absolute atomic E-state index is 11.1. The number of carbonyl (C=O) groups is 2. The molecule has 1 atom stereocenters. The number of alkyl halides is 1. The quantitative estimate of drug-likeness (QED) is 0.441. The minimum atomic E-state index is -0.489. The normalized spacial score (nSPS) is 31.3. The summed E-state index contributed by atoms with van der Waals surface area (Å²) in [5, 5.41) is 0. The van der Waals surface area contributed by atoms with E-state index in [2.05, 4.69) is 15.9 Å². The van der Waals surface area contributed by atoms with Crippen LogP contribution < -0.4 is 0 Å². The molecular weight excluding hydrogens is 196 g/mol. The summed E-state index contributed by atoms with van der Waals surface area (Å²) in [5.41, 5.74) is -0.489. The molecule has 0 bridgehead atoms. The lowest BCUT2D eigenvalue weighted by Crippen LogP contribution is -2.26. The van der Waals surface area contributed by atoms with Crippen molar-refractivity contribution in [3.8, 4) is 0 Å². The number of ketones is 2. The Hall–Kier alpha value is -0.180. The van der Waals surface area contributed by atoms with E-state index in [0.717, 1.165) is 0 Å². The van der Waals surface area contributed by atoms with E-state index in [4.69, 9.17) is 0 Å². The van der Waals surface area contributed by atoms with E-state index in [1.165, 1.54) is 0 Å². The molecule has 0 aromatic rings. The predicted molar refractivity (Wildman–Crippen MR) is 41.1 cm³/mol. The SMILES string of the molecule is CC1(C)C(=O)CC(=O)C1Br. The molecular formula is C7H9BrO2. The topological polar surface area (TPSA) is 34.1 Å². The highest BCUT2D eigenvalue weighted by Gasteiger charge is 2.46. The second kappa shape index (κ2) is 2.16. The second-order valence-corrected chi connectivity index (χ2v) is 4.07. The van der Waals surface area contributed by atoms with E-state index in [1.54, 1.807) is 13.8 Å². The molecule has 0 amide bonds. The minimum absolute atomic E-state index is 0.00926. The summed E-state index contributed by atoms with van der Waals surface area (Å²) >= 11 is 3.20. The molecule has 0 N–H and O–H groups in total. The minimum Gasteiger partial charge on any atom is -0.299 e. The Bertz CT molecular complexity index is 196. The summed E-state index contributed by atoms with van der Waals surface area (Å²) < 4.78 is 0. The molecule has 1 unspecified atom stereocenters. The lowest BCUT2D eigenvalue weighted by molar-refractivity contribution is -0.124. The van der Waals surface area contributed by atoms with Gasteiger partial charge in [-0.3, -0.25) is 9.59 Å². The second-order valence-electron chi connectivity index (χ2n) is 3.15. The lowest BCUT2D eigenvalue weighted by atomic mass is 9.91. The first-order valence-corrected chi connectivity index (χ1v) is 4.08. The smallest absolute Gasteiger partial charge is 0.154 e. The average molecular weight is 205 g/mol. The fourth-order valence-electron chi connectivity index (χ4n) is 1.02. The van der Waals surface area contributed by atoms with Gasteiger partial charge in [-0.15, -0.1) is 0 Å². The average Bonchev–Trinajstić information content (AvgIpc) is 1.97. The van der Waals surface area contributed by atoms with Crippen LogP contribution in [0.5, 0.6) is 0 Å². The van der Waals surface area contributed by atoms with Gasteiger partial charge in [-0.1, -0.05) is 29.8 Å². The van der Waals surface area contributed by atoms with Crippen LogP contribution in [0, 0.1) is 5.41 Å². The van der Waals surface area contributed by atoms with Crippen LogP contribution in [-0.4, -0.2) is 16.4 Å². The van der Waals surface area contributed by atoms with E-state index < -0.39 is 5.41 Å². The Morgan fingerprint density at radius 3 is 2.10 bits per heavy atom. The van der Waals surface area contributed by atoms with Crippen molar-refractivity contribution in [1.29, 1.82) is 0 Å². The number of hydrogen-bond acceptors (Lipinski definition) is 2. The Morgan fingerprint density at radius 2 is 2.00 bits per heavy atom. The van der Waals surface area contributed by atoms with E-state index in [9.17, 15) is 9.59 Å². The number of halogens is 1. The molecule has 1 aliphatic rings. The third-order valence-corrected chi connectivity index (χ3v) is 3.62. The van der Waals surface area contributed by atoms with Crippen LogP contribution in [0.4, 0.5) is 0 Å². The van der Waals surface area contributed by atoms with Crippen molar-refractivity contribution in [2.45, 2.75) is 25.1 Å². The maximum Gasteiger partial charge on any atom is 0.154 e. The van der Waals surface area contributed by atoms with Gasteiger partial charge in [0.2, 0.25) is 0 Å². The molecule has 0 radical (unpaired) electrons. The first-order valence-electron chi connectivity index (χ1n) is 3.16. The number of Topliss-reactive ketones (excluding diaryl/α,β-unsaturated/α-hetero) is 2. The van der Waals surface area contributed by atoms with Crippen LogP contribution >= 0.6 is 15.9 Å². The van der Waals surface area contributed by atoms with Crippen LogP contribution in [-0.2, 0) is 9.59 Å². The van der Waals surface area contributed by atoms with E-state index in [0.29, 0.717) is 0 Å². The molecule has 0 aromatic carbocycles. The number of rotatable bonds is 0. The van der Waals surface area contributed by atoms with Gasteiger partial charge in [0.25, 0.3) is 0 Å². The number of hydrogen-bond donors (Lipinski definition) is 0. The van der Waals surface area contributed by atoms with Crippen LogP contribution in [0.1, 0.15) is 20.3 Å².